The number of benzene rings is 1. The fourth-order valence-electron chi connectivity index (χ4n) is 2.92. The van der Waals surface area contributed by atoms with Gasteiger partial charge in [0.05, 0.1) is 6.20 Å². The lowest BCUT2D eigenvalue weighted by atomic mass is 9.94. The van der Waals surface area contributed by atoms with Gasteiger partial charge < -0.3 is 18.8 Å². The monoisotopic (exact) mass is 344 g/mol. The Bertz CT molecular complexity index is 748. The van der Waals surface area contributed by atoms with E-state index in [4.69, 9.17) is 13.9 Å². The molecule has 0 N–H and O–H groups in total. The fourth-order valence-corrected chi connectivity index (χ4v) is 2.92. The first kappa shape index (κ1) is 17.3. The molecule has 6 heteroatoms. The molecule has 1 aliphatic rings. The van der Waals surface area contributed by atoms with Crippen LogP contribution < -0.4 is 4.74 Å². The standard InChI is InChI=1S/C19H24N2O4/c1-13-16-7-8-21(18(22)25-19(2,3)4)10-14(16)5-6-17(13)23-11-15-9-20-12-24-15/h5-6,9,12H,7-8,10-11H2,1-4H3. The molecule has 2 heterocycles. The first-order valence-electron chi connectivity index (χ1n) is 8.43. The van der Waals surface area contributed by atoms with Crippen molar-refractivity contribution in [1.29, 1.82) is 0 Å². The minimum Gasteiger partial charge on any atom is -0.485 e. The summed E-state index contributed by atoms with van der Waals surface area (Å²) in [4.78, 5) is 17.9. The number of nitrogens with zero attached hydrogens (tertiary/aromatic N) is 2. The summed E-state index contributed by atoms with van der Waals surface area (Å²) in [7, 11) is 0. The average molecular weight is 344 g/mol. The highest BCUT2D eigenvalue weighted by Gasteiger charge is 2.27. The molecule has 0 atom stereocenters. The van der Waals surface area contributed by atoms with Crippen LogP contribution in [0.4, 0.5) is 4.79 Å². The van der Waals surface area contributed by atoms with Crippen LogP contribution in [0.1, 0.15) is 43.2 Å². The Kier molecular flexibility index (Phi) is 4.70. The number of hydrogen-bond donors (Lipinski definition) is 0. The molecule has 2 aromatic rings. The summed E-state index contributed by atoms with van der Waals surface area (Å²) in [5, 5.41) is 0. The van der Waals surface area contributed by atoms with E-state index in [0.717, 1.165) is 23.3 Å². The molecule has 0 radical (unpaired) electrons. The highest BCUT2D eigenvalue weighted by atomic mass is 16.6. The Morgan fingerprint density at radius 2 is 2.16 bits per heavy atom. The molecule has 0 fully saturated rings. The van der Waals surface area contributed by atoms with Gasteiger partial charge in [0.2, 0.25) is 0 Å². The lowest BCUT2D eigenvalue weighted by molar-refractivity contribution is 0.0223. The van der Waals surface area contributed by atoms with Crippen molar-refractivity contribution in [2.75, 3.05) is 6.54 Å². The summed E-state index contributed by atoms with van der Waals surface area (Å²) in [5.41, 5.74) is 3.02. The van der Waals surface area contributed by atoms with E-state index in [1.807, 2.05) is 32.9 Å². The van der Waals surface area contributed by atoms with E-state index in [1.165, 1.54) is 12.0 Å². The topological polar surface area (TPSA) is 64.8 Å². The van der Waals surface area contributed by atoms with Gasteiger partial charge in [-0.1, -0.05) is 6.07 Å². The Morgan fingerprint density at radius 1 is 1.36 bits per heavy atom. The molecule has 1 aromatic heterocycles. The smallest absolute Gasteiger partial charge is 0.410 e. The average Bonchev–Trinajstić information content (AvgIpc) is 3.06. The van der Waals surface area contributed by atoms with E-state index in [-0.39, 0.29) is 6.09 Å². The Balaban J connectivity index is 1.70. The van der Waals surface area contributed by atoms with Gasteiger partial charge in [0.25, 0.3) is 0 Å². The minimum absolute atomic E-state index is 0.263. The largest absolute Gasteiger partial charge is 0.485 e. The van der Waals surface area contributed by atoms with Crippen molar-refractivity contribution < 1.29 is 18.7 Å². The fraction of sp³-hybridized carbons (Fsp3) is 0.474. The molecule has 0 bridgehead atoms. The van der Waals surface area contributed by atoms with E-state index in [0.29, 0.717) is 25.5 Å². The lowest BCUT2D eigenvalue weighted by Crippen LogP contribution is -2.40. The van der Waals surface area contributed by atoms with Crippen molar-refractivity contribution >= 4 is 6.09 Å². The summed E-state index contributed by atoms with van der Waals surface area (Å²) in [6.45, 7) is 9.25. The highest BCUT2D eigenvalue weighted by Crippen LogP contribution is 2.30. The zero-order valence-corrected chi connectivity index (χ0v) is 15.2. The summed E-state index contributed by atoms with van der Waals surface area (Å²) in [6.07, 6.45) is 3.57. The van der Waals surface area contributed by atoms with Crippen LogP contribution in [0.25, 0.3) is 0 Å². The molecule has 0 unspecified atom stereocenters. The van der Waals surface area contributed by atoms with Crippen molar-refractivity contribution in [1.82, 2.24) is 9.88 Å². The van der Waals surface area contributed by atoms with Gasteiger partial charge in [0, 0.05) is 13.1 Å². The van der Waals surface area contributed by atoms with Crippen molar-refractivity contribution in [3.8, 4) is 5.75 Å². The molecule has 0 spiro atoms. The van der Waals surface area contributed by atoms with Crippen LogP contribution in [0.5, 0.6) is 5.75 Å². The van der Waals surface area contributed by atoms with Gasteiger partial charge >= 0.3 is 6.09 Å². The summed E-state index contributed by atoms with van der Waals surface area (Å²) >= 11 is 0. The van der Waals surface area contributed by atoms with Crippen molar-refractivity contribution in [2.45, 2.75) is 52.9 Å². The number of aromatic nitrogens is 1. The lowest BCUT2D eigenvalue weighted by Gasteiger charge is -2.32. The number of ether oxygens (including phenoxy) is 2. The van der Waals surface area contributed by atoms with Gasteiger partial charge in [-0.05, 0) is 56.9 Å². The minimum atomic E-state index is -0.480. The normalized spacial score (nSPS) is 14.2. The van der Waals surface area contributed by atoms with Gasteiger partial charge in [-0.3, -0.25) is 0 Å². The number of hydrogen-bond acceptors (Lipinski definition) is 5. The number of fused-ring (bicyclic) bond motifs is 1. The van der Waals surface area contributed by atoms with Crippen molar-refractivity contribution in [3.63, 3.8) is 0 Å². The van der Waals surface area contributed by atoms with E-state index < -0.39 is 5.60 Å². The van der Waals surface area contributed by atoms with E-state index in [9.17, 15) is 4.79 Å². The molecule has 25 heavy (non-hydrogen) atoms. The van der Waals surface area contributed by atoms with Crippen LogP contribution in [0.3, 0.4) is 0 Å². The zero-order valence-electron chi connectivity index (χ0n) is 15.2. The highest BCUT2D eigenvalue weighted by molar-refractivity contribution is 5.69. The van der Waals surface area contributed by atoms with Crippen LogP contribution in [0.2, 0.25) is 0 Å². The van der Waals surface area contributed by atoms with Crippen molar-refractivity contribution in [2.24, 2.45) is 0 Å². The van der Waals surface area contributed by atoms with Crippen LogP contribution in [-0.2, 0) is 24.3 Å². The summed E-state index contributed by atoms with van der Waals surface area (Å²) < 4.78 is 16.5. The second-order valence-electron chi connectivity index (χ2n) is 7.23. The van der Waals surface area contributed by atoms with Gasteiger partial charge in [-0.15, -0.1) is 0 Å². The van der Waals surface area contributed by atoms with Crippen LogP contribution in [0.15, 0.2) is 29.1 Å². The number of rotatable bonds is 3. The maximum absolute atomic E-state index is 12.3. The van der Waals surface area contributed by atoms with Crippen molar-refractivity contribution in [3.05, 3.63) is 47.2 Å². The third kappa shape index (κ3) is 4.13. The number of carbonyl (C=O) groups excluding carboxylic acids is 1. The number of amides is 1. The van der Waals surface area contributed by atoms with E-state index in [1.54, 1.807) is 11.1 Å². The molecule has 6 nitrogen and oxygen atoms in total. The maximum atomic E-state index is 12.3. The maximum Gasteiger partial charge on any atom is 0.410 e. The van der Waals surface area contributed by atoms with Gasteiger partial charge in [0.1, 0.15) is 18.0 Å². The predicted molar refractivity (Wildman–Crippen MR) is 92.4 cm³/mol. The Hall–Kier alpha value is -2.50. The second-order valence-corrected chi connectivity index (χ2v) is 7.23. The SMILES string of the molecule is Cc1c(OCc2cnco2)ccc2c1CCN(C(=O)OC(C)(C)C)C2. The third-order valence-electron chi connectivity index (χ3n) is 4.14. The summed E-state index contributed by atoms with van der Waals surface area (Å²) in [5.74, 6) is 1.52. The molecule has 1 aliphatic heterocycles. The molecule has 0 aliphatic carbocycles. The molecular weight excluding hydrogens is 320 g/mol. The second kappa shape index (κ2) is 6.78. The molecule has 0 saturated heterocycles. The van der Waals surface area contributed by atoms with Crippen LogP contribution in [0, 0.1) is 6.92 Å². The molecule has 3 rings (SSSR count). The van der Waals surface area contributed by atoms with Crippen LogP contribution >= 0.6 is 0 Å². The molecule has 1 amide bonds. The zero-order chi connectivity index (χ0) is 18.0. The molecule has 0 saturated carbocycles. The van der Waals surface area contributed by atoms with E-state index in [2.05, 4.69) is 11.9 Å². The van der Waals surface area contributed by atoms with Crippen LogP contribution in [-0.4, -0.2) is 28.1 Å². The number of oxazole rings is 1. The molecule has 134 valence electrons. The first-order valence-corrected chi connectivity index (χ1v) is 8.43. The third-order valence-corrected chi connectivity index (χ3v) is 4.14. The predicted octanol–water partition coefficient (Wildman–Crippen LogP) is 3.86. The first-order chi connectivity index (χ1) is 11.8. The van der Waals surface area contributed by atoms with Gasteiger partial charge in [0.15, 0.2) is 12.2 Å². The van der Waals surface area contributed by atoms with Gasteiger partial charge in [-0.2, -0.15) is 0 Å². The summed E-state index contributed by atoms with van der Waals surface area (Å²) in [6, 6.07) is 3.97. The van der Waals surface area contributed by atoms with Gasteiger partial charge in [-0.25, -0.2) is 9.78 Å². The Labute approximate surface area is 147 Å². The quantitative estimate of drug-likeness (QED) is 0.846. The number of carbonyl (C=O) groups is 1. The Morgan fingerprint density at radius 3 is 2.84 bits per heavy atom. The molecular formula is C19H24N2O4. The van der Waals surface area contributed by atoms with E-state index >= 15 is 0 Å². The molecule has 1 aromatic carbocycles.